The number of aromatic nitrogens is 6. The number of hydrogen-bond acceptors (Lipinski definition) is 11. The van der Waals surface area contributed by atoms with Crippen molar-refractivity contribution in [2.75, 3.05) is 4.72 Å². The summed E-state index contributed by atoms with van der Waals surface area (Å²) < 4.78 is 67.2. The summed E-state index contributed by atoms with van der Waals surface area (Å²) in [6.07, 6.45) is 8.66. The first kappa shape index (κ1) is 40.5. The predicted octanol–water partition coefficient (Wildman–Crippen LogP) is 4.85. The van der Waals surface area contributed by atoms with Gasteiger partial charge in [-0.3, -0.25) is 33.8 Å². The van der Waals surface area contributed by atoms with Gasteiger partial charge in [-0.15, -0.1) is 0 Å². The molecule has 0 saturated heterocycles. The molecule has 0 unspecified atom stereocenters. The molecule has 0 radical (unpaired) electrons. The molecule has 2 N–H and O–H groups in total. The number of benzene rings is 1. The van der Waals surface area contributed by atoms with Crippen LogP contribution < -0.4 is 21.3 Å². The molecule has 0 spiro atoms. The molecule has 304 valence electrons. The lowest BCUT2D eigenvalue weighted by Gasteiger charge is -2.25. The lowest BCUT2D eigenvalue weighted by molar-refractivity contribution is -0.152. The van der Waals surface area contributed by atoms with E-state index in [2.05, 4.69) is 25.3 Å². The predicted molar refractivity (Wildman–Crippen MR) is 212 cm³/mol. The Balaban J connectivity index is 1.10. The van der Waals surface area contributed by atoms with E-state index in [-0.39, 0.29) is 23.2 Å². The van der Waals surface area contributed by atoms with Gasteiger partial charge in [-0.2, -0.15) is 8.42 Å². The van der Waals surface area contributed by atoms with Crippen molar-refractivity contribution in [3.8, 4) is 16.8 Å². The normalized spacial score (nSPS) is 13.8. The first-order valence-corrected chi connectivity index (χ1v) is 20.1. The first-order valence-electron chi connectivity index (χ1n) is 18.6. The highest BCUT2D eigenvalue weighted by Crippen LogP contribution is 2.26. The van der Waals surface area contributed by atoms with Crippen molar-refractivity contribution in [1.82, 2.24) is 34.4 Å². The highest BCUT2D eigenvalue weighted by atomic mass is 32.2. The molecule has 6 aromatic rings. The van der Waals surface area contributed by atoms with Crippen molar-refractivity contribution in [2.45, 2.75) is 69.5 Å². The number of pyridine rings is 4. The van der Waals surface area contributed by atoms with Gasteiger partial charge in [0, 0.05) is 54.6 Å². The van der Waals surface area contributed by atoms with E-state index in [0.29, 0.717) is 36.1 Å². The third-order valence-corrected chi connectivity index (χ3v) is 11.2. The van der Waals surface area contributed by atoms with Crippen molar-refractivity contribution in [3.63, 3.8) is 0 Å². The van der Waals surface area contributed by atoms with Gasteiger partial charge in [-0.05, 0) is 93.6 Å². The average Bonchev–Trinajstić information content (AvgIpc) is 3.21. The Kier molecular flexibility index (Phi) is 11.4. The molecule has 5 heterocycles. The minimum absolute atomic E-state index is 0.139. The molecule has 1 aliphatic rings. The molecule has 1 aromatic carbocycles. The number of esters is 1. The molecular formula is C41H38F2N8O7S. The summed E-state index contributed by atoms with van der Waals surface area (Å²) in [7, 11) is -3.01. The molecule has 1 atom stereocenters. The third-order valence-electron chi connectivity index (χ3n) is 9.95. The van der Waals surface area contributed by atoms with Crippen LogP contribution in [0.3, 0.4) is 0 Å². The van der Waals surface area contributed by atoms with Crippen LogP contribution in [0.4, 0.5) is 14.5 Å². The number of carbonyl (C=O) groups is 2. The number of carbonyl (C=O) groups excluding carboxylic acids is 2. The summed E-state index contributed by atoms with van der Waals surface area (Å²) in [5, 5.41) is 2.21. The molecule has 0 bridgehead atoms. The van der Waals surface area contributed by atoms with Gasteiger partial charge in [0.15, 0.2) is 5.03 Å². The molecule has 59 heavy (non-hydrogen) atoms. The molecule has 5 aromatic heterocycles. The zero-order chi connectivity index (χ0) is 42.0. The number of amides is 1. The van der Waals surface area contributed by atoms with E-state index in [4.69, 9.17) is 4.74 Å². The monoisotopic (exact) mass is 824 g/mol. The second kappa shape index (κ2) is 16.7. The van der Waals surface area contributed by atoms with Gasteiger partial charge in [-0.1, -0.05) is 6.42 Å². The fraction of sp³-hybridized carbons (Fsp3) is 0.268. The Morgan fingerprint density at radius 3 is 2.32 bits per heavy atom. The molecule has 15 nitrogen and oxygen atoms in total. The number of nitrogens with zero attached hydrogens (tertiary/aromatic N) is 6. The van der Waals surface area contributed by atoms with Gasteiger partial charge in [0.05, 0.1) is 40.2 Å². The van der Waals surface area contributed by atoms with Crippen LogP contribution >= 0.6 is 0 Å². The molecule has 0 aliphatic heterocycles. The highest BCUT2D eigenvalue weighted by molar-refractivity contribution is 7.92. The topological polar surface area (TPSA) is 197 Å². The van der Waals surface area contributed by atoms with Crippen LogP contribution in [0.2, 0.25) is 0 Å². The van der Waals surface area contributed by atoms with Crippen LogP contribution in [-0.2, 0) is 33.0 Å². The maximum atomic E-state index is 15.5. The summed E-state index contributed by atoms with van der Waals surface area (Å²) in [5.41, 5.74) is 0.797. The van der Waals surface area contributed by atoms with Crippen LogP contribution in [0, 0.1) is 25.5 Å². The van der Waals surface area contributed by atoms with Crippen molar-refractivity contribution in [1.29, 1.82) is 0 Å². The Morgan fingerprint density at radius 2 is 1.64 bits per heavy atom. The molecule has 1 amide bonds. The van der Waals surface area contributed by atoms with E-state index < -0.39 is 73.2 Å². The minimum Gasteiger partial charge on any atom is -0.461 e. The van der Waals surface area contributed by atoms with E-state index >= 15 is 8.78 Å². The Labute approximate surface area is 336 Å². The number of sulfonamides is 1. The summed E-state index contributed by atoms with van der Waals surface area (Å²) in [6, 6.07) is 10.4. The minimum atomic E-state index is -4.51. The number of rotatable bonds is 11. The van der Waals surface area contributed by atoms with E-state index in [1.807, 2.05) is 30.7 Å². The second-order valence-corrected chi connectivity index (χ2v) is 15.9. The van der Waals surface area contributed by atoms with E-state index in [9.17, 15) is 27.6 Å². The third kappa shape index (κ3) is 8.76. The first-order chi connectivity index (χ1) is 28.2. The van der Waals surface area contributed by atoms with Gasteiger partial charge < -0.3 is 10.1 Å². The summed E-state index contributed by atoms with van der Waals surface area (Å²) >= 11 is 0. The van der Waals surface area contributed by atoms with Crippen molar-refractivity contribution in [2.24, 2.45) is 7.05 Å². The number of anilines is 1. The maximum absolute atomic E-state index is 15.5. The van der Waals surface area contributed by atoms with Crippen molar-refractivity contribution < 1.29 is 31.5 Å². The molecular weight excluding hydrogens is 787 g/mol. The smallest absolute Gasteiger partial charge is 0.335 e. The standard InChI is InChI=1S/C41H38F2N8O7S/c1-23-15-26(16-24(2)47-23)25-9-12-37(46-20-25)59(56,57)49-34-19-32(42)31(18-33(34)43)38(52)48-35(40(54)58-29-7-5-4-6-8-29)17-27-10-11-28(21-45-27)51-39(53)30-13-14-44-22-36(30)50(3)41(51)55/h9-16,18-22,29,35,49H,4-8,17H2,1-3H3,(H,48,52)/t35-/m0/s1. The summed E-state index contributed by atoms with van der Waals surface area (Å²) in [6.45, 7) is 3.64. The fourth-order valence-corrected chi connectivity index (χ4v) is 7.96. The zero-order valence-corrected chi connectivity index (χ0v) is 32.9. The summed E-state index contributed by atoms with van der Waals surface area (Å²) in [4.78, 5) is 70.1. The second-order valence-electron chi connectivity index (χ2n) is 14.3. The SMILES string of the molecule is Cc1cc(-c2ccc(S(=O)(=O)Nc3cc(F)c(C(=O)N[C@@H](Cc4ccc(-n5c(=O)c6ccncc6n(C)c5=O)cn4)C(=O)OC4CCCCC4)cc3F)nc2)cc(C)n1. The molecule has 1 aliphatic carbocycles. The largest absolute Gasteiger partial charge is 0.461 e. The molecule has 1 saturated carbocycles. The van der Waals surface area contributed by atoms with E-state index in [0.717, 1.165) is 40.8 Å². The summed E-state index contributed by atoms with van der Waals surface area (Å²) in [5.74, 6) is -4.57. The Morgan fingerprint density at radius 1 is 0.898 bits per heavy atom. The molecule has 1 fully saturated rings. The van der Waals surface area contributed by atoms with Crippen LogP contribution in [0.15, 0.2) is 94.0 Å². The number of nitrogens with one attached hydrogen (secondary N) is 2. The van der Waals surface area contributed by atoms with Gasteiger partial charge >= 0.3 is 11.7 Å². The Bertz CT molecular complexity index is 2810. The molecule has 18 heteroatoms. The molecule has 7 rings (SSSR count). The fourth-order valence-electron chi connectivity index (χ4n) is 6.97. The average molecular weight is 825 g/mol. The lowest BCUT2D eigenvalue weighted by atomic mass is 9.97. The maximum Gasteiger partial charge on any atom is 0.335 e. The zero-order valence-electron chi connectivity index (χ0n) is 32.1. The highest BCUT2D eigenvalue weighted by Gasteiger charge is 2.30. The number of halogens is 2. The number of hydrogen-bond donors (Lipinski definition) is 2. The number of fused-ring (bicyclic) bond motifs is 1. The van der Waals surface area contributed by atoms with Crippen molar-refractivity contribution >= 4 is 38.5 Å². The quantitative estimate of drug-likeness (QED) is 0.170. The van der Waals surface area contributed by atoms with Crippen LogP contribution in [0.25, 0.3) is 27.7 Å². The van der Waals surface area contributed by atoms with Crippen LogP contribution in [0.1, 0.15) is 59.5 Å². The van der Waals surface area contributed by atoms with E-state index in [1.165, 1.54) is 66.7 Å². The van der Waals surface area contributed by atoms with Crippen LogP contribution in [0.5, 0.6) is 0 Å². The van der Waals surface area contributed by atoms with Gasteiger partial charge in [0.25, 0.3) is 21.5 Å². The van der Waals surface area contributed by atoms with Gasteiger partial charge in [0.2, 0.25) is 0 Å². The van der Waals surface area contributed by atoms with Gasteiger partial charge in [0.1, 0.15) is 23.8 Å². The lowest BCUT2D eigenvalue weighted by Crippen LogP contribution is -2.45. The van der Waals surface area contributed by atoms with Gasteiger partial charge in [-0.25, -0.2) is 27.9 Å². The Hall–Kier alpha value is -6.69. The number of ether oxygens (including phenoxy) is 1. The van der Waals surface area contributed by atoms with Crippen molar-refractivity contribution in [3.05, 3.63) is 135 Å². The number of aryl methyl sites for hydroxylation is 3. The van der Waals surface area contributed by atoms with E-state index in [1.54, 1.807) is 0 Å². The van der Waals surface area contributed by atoms with Crippen LogP contribution in [-0.4, -0.2) is 61.5 Å².